The molecule has 0 heterocycles. The lowest BCUT2D eigenvalue weighted by atomic mass is 10.8. The van der Waals surface area contributed by atoms with Gasteiger partial charge in [0.25, 0.3) is 0 Å². The molecule has 0 aliphatic rings. The maximum Gasteiger partial charge on any atom is 0.0556 e. The molecule has 2 heteroatoms. The summed E-state index contributed by atoms with van der Waals surface area (Å²) in [5.74, 6) is 1.12. The number of hydrogen-bond donors (Lipinski definition) is 0. The zero-order valence-corrected chi connectivity index (χ0v) is 5.75. The molecule has 7 heavy (non-hydrogen) atoms. The van der Waals surface area contributed by atoms with E-state index in [1.54, 1.807) is 0 Å². The second kappa shape index (κ2) is 6.31. The minimum atomic E-state index is 0.848. The van der Waals surface area contributed by atoms with Crippen molar-refractivity contribution in [3.63, 3.8) is 0 Å². The van der Waals surface area contributed by atoms with Crippen molar-refractivity contribution in [2.45, 2.75) is 6.92 Å². The summed E-state index contributed by atoms with van der Waals surface area (Å²) in [4.78, 5) is 0. The summed E-state index contributed by atoms with van der Waals surface area (Å²) >= 11 is 1.82. The number of ether oxygens (including phenoxy) is 1. The third-order valence-corrected chi connectivity index (χ3v) is 1.21. The first-order chi connectivity index (χ1) is 3.41. The summed E-state index contributed by atoms with van der Waals surface area (Å²) in [6, 6.07) is 0. The van der Waals surface area contributed by atoms with E-state index in [-0.39, 0.29) is 0 Å². The largest absolute Gasteiger partial charge is 0.381 e. The van der Waals surface area contributed by atoms with Crippen molar-refractivity contribution in [2.75, 3.05) is 25.2 Å². The van der Waals surface area contributed by atoms with Crippen LogP contribution in [0.3, 0.4) is 0 Å². The van der Waals surface area contributed by atoms with E-state index in [1.807, 2.05) is 18.7 Å². The zero-order chi connectivity index (χ0) is 5.54. The maximum absolute atomic E-state index is 5.05. The molecule has 0 N–H and O–H groups in total. The quantitative estimate of drug-likeness (QED) is 0.518. The molecule has 0 saturated carbocycles. The van der Waals surface area contributed by atoms with E-state index < -0.39 is 0 Å². The fraction of sp³-hybridized carbons (Fsp3) is 1.00. The van der Waals surface area contributed by atoms with Gasteiger partial charge < -0.3 is 4.74 Å². The van der Waals surface area contributed by atoms with Gasteiger partial charge in [0.15, 0.2) is 0 Å². The normalized spacial score (nSPS) is 9.43. The molecule has 0 amide bonds. The molecule has 44 valence electrons. The molecule has 0 unspecified atom stereocenters. The van der Waals surface area contributed by atoms with Gasteiger partial charge in [-0.3, -0.25) is 0 Å². The number of rotatable bonds is 4. The van der Waals surface area contributed by atoms with Crippen LogP contribution >= 0.6 is 11.8 Å². The molecular weight excluding hydrogens is 108 g/mol. The van der Waals surface area contributed by atoms with E-state index >= 15 is 0 Å². The van der Waals surface area contributed by atoms with Crippen molar-refractivity contribution in [3.05, 3.63) is 0 Å². The molecule has 0 atom stereocenters. The van der Waals surface area contributed by atoms with Crippen LogP contribution in [0.5, 0.6) is 0 Å². The van der Waals surface area contributed by atoms with Gasteiger partial charge in [0, 0.05) is 12.4 Å². The molecule has 0 radical (unpaired) electrons. The molecule has 1 nitrogen and oxygen atoms in total. The third kappa shape index (κ3) is 6.31. The maximum atomic E-state index is 5.05. The number of thioether (sulfide) groups is 1. The van der Waals surface area contributed by atoms with Crippen LogP contribution in [0.1, 0.15) is 6.92 Å². The van der Waals surface area contributed by atoms with Crippen LogP contribution in [0, 0.1) is 0 Å². The smallest absolute Gasteiger partial charge is 0.0556 e. The van der Waals surface area contributed by atoms with Gasteiger partial charge in [-0.1, -0.05) is 0 Å². The van der Waals surface area contributed by atoms with Crippen LogP contribution in [0.15, 0.2) is 0 Å². The lowest BCUT2D eigenvalue weighted by molar-refractivity contribution is 0.164. The van der Waals surface area contributed by atoms with Crippen LogP contribution in [0.25, 0.3) is 0 Å². The lowest BCUT2D eigenvalue weighted by Gasteiger charge is -1.94. The highest BCUT2D eigenvalue weighted by Crippen LogP contribution is 1.89. The van der Waals surface area contributed by atoms with Crippen molar-refractivity contribution in [1.82, 2.24) is 0 Å². The molecule has 0 aromatic heterocycles. The van der Waals surface area contributed by atoms with Crippen molar-refractivity contribution in [3.8, 4) is 0 Å². The Morgan fingerprint density at radius 1 is 1.57 bits per heavy atom. The summed E-state index contributed by atoms with van der Waals surface area (Å²) < 4.78 is 5.05. The van der Waals surface area contributed by atoms with E-state index in [0.29, 0.717) is 0 Å². The van der Waals surface area contributed by atoms with Crippen LogP contribution in [0.4, 0.5) is 0 Å². The molecular formula is C5H12OS. The van der Waals surface area contributed by atoms with E-state index in [9.17, 15) is 0 Å². The molecule has 0 spiro atoms. The summed E-state index contributed by atoms with van der Waals surface area (Å²) in [6.07, 6.45) is 2.08. The average Bonchev–Trinajstić information content (AvgIpc) is 1.69. The van der Waals surface area contributed by atoms with E-state index in [1.165, 1.54) is 0 Å². The first-order valence-corrected chi connectivity index (χ1v) is 3.88. The van der Waals surface area contributed by atoms with Gasteiger partial charge in [-0.15, -0.1) is 0 Å². The fourth-order valence-corrected chi connectivity index (χ4v) is 0.571. The molecule has 0 aromatic rings. The van der Waals surface area contributed by atoms with E-state index in [0.717, 1.165) is 19.0 Å². The van der Waals surface area contributed by atoms with Crippen molar-refractivity contribution >= 4 is 11.8 Å². The molecule has 0 aliphatic carbocycles. The standard InChI is InChI=1S/C5H12OS/c1-3-6-4-5-7-2/h3-5H2,1-2H3. The SMILES string of the molecule is CCOCCSC. The minimum Gasteiger partial charge on any atom is -0.381 e. The summed E-state index contributed by atoms with van der Waals surface area (Å²) in [5.41, 5.74) is 0. The Kier molecular flexibility index (Phi) is 6.59. The van der Waals surface area contributed by atoms with Gasteiger partial charge in [0.05, 0.1) is 6.61 Å². The molecule has 0 rings (SSSR count). The highest BCUT2D eigenvalue weighted by Gasteiger charge is 1.78. The van der Waals surface area contributed by atoms with Gasteiger partial charge in [0.1, 0.15) is 0 Å². The van der Waals surface area contributed by atoms with E-state index in [2.05, 4.69) is 6.26 Å². The Morgan fingerprint density at radius 3 is 2.71 bits per heavy atom. The second-order valence-corrected chi connectivity index (χ2v) is 2.18. The van der Waals surface area contributed by atoms with Crippen molar-refractivity contribution in [1.29, 1.82) is 0 Å². The Morgan fingerprint density at radius 2 is 2.29 bits per heavy atom. The monoisotopic (exact) mass is 120 g/mol. The van der Waals surface area contributed by atoms with Crippen LogP contribution in [-0.2, 0) is 4.74 Å². The highest BCUT2D eigenvalue weighted by atomic mass is 32.2. The average molecular weight is 120 g/mol. The summed E-state index contributed by atoms with van der Waals surface area (Å²) in [6.45, 7) is 3.76. The first-order valence-electron chi connectivity index (χ1n) is 2.48. The summed E-state index contributed by atoms with van der Waals surface area (Å²) in [7, 11) is 0. The molecule has 0 fully saturated rings. The highest BCUT2D eigenvalue weighted by molar-refractivity contribution is 7.98. The topological polar surface area (TPSA) is 9.23 Å². The predicted octanol–water partition coefficient (Wildman–Crippen LogP) is 1.39. The Hall–Kier alpha value is 0.310. The minimum absolute atomic E-state index is 0.848. The Balaban J connectivity index is 2.45. The van der Waals surface area contributed by atoms with Gasteiger partial charge in [-0.05, 0) is 13.2 Å². The third-order valence-electron chi connectivity index (χ3n) is 0.636. The van der Waals surface area contributed by atoms with Crippen LogP contribution < -0.4 is 0 Å². The molecule has 0 bridgehead atoms. The zero-order valence-electron chi connectivity index (χ0n) is 4.94. The van der Waals surface area contributed by atoms with Gasteiger partial charge in [-0.25, -0.2) is 0 Å². The van der Waals surface area contributed by atoms with Gasteiger partial charge in [0.2, 0.25) is 0 Å². The second-order valence-electron chi connectivity index (χ2n) is 1.19. The Labute approximate surface area is 49.4 Å². The first kappa shape index (κ1) is 7.31. The molecule has 0 aliphatic heterocycles. The van der Waals surface area contributed by atoms with Gasteiger partial charge >= 0.3 is 0 Å². The Bertz CT molecular complexity index is 27.3. The van der Waals surface area contributed by atoms with Crippen LogP contribution in [0.2, 0.25) is 0 Å². The number of hydrogen-bond acceptors (Lipinski definition) is 2. The molecule has 0 saturated heterocycles. The van der Waals surface area contributed by atoms with Crippen molar-refractivity contribution in [2.24, 2.45) is 0 Å². The predicted molar refractivity (Wildman–Crippen MR) is 34.9 cm³/mol. The summed E-state index contributed by atoms with van der Waals surface area (Å²) in [5, 5.41) is 0. The molecule has 0 aromatic carbocycles. The fourth-order valence-electron chi connectivity index (χ4n) is 0.287. The van der Waals surface area contributed by atoms with E-state index in [4.69, 9.17) is 4.74 Å². The lowest BCUT2D eigenvalue weighted by Crippen LogP contribution is -1.94. The van der Waals surface area contributed by atoms with Crippen LogP contribution in [-0.4, -0.2) is 25.2 Å². The van der Waals surface area contributed by atoms with Gasteiger partial charge in [-0.2, -0.15) is 11.8 Å². The van der Waals surface area contributed by atoms with Crippen molar-refractivity contribution < 1.29 is 4.74 Å².